The van der Waals surface area contributed by atoms with Gasteiger partial charge in [-0.25, -0.2) is 0 Å². The van der Waals surface area contributed by atoms with Gasteiger partial charge < -0.3 is 10.6 Å². The van der Waals surface area contributed by atoms with Crippen LogP contribution in [0.4, 0.5) is 0 Å². The maximum atomic E-state index is 12.7. The smallest absolute Gasteiger partial charge is 0.233 e. The number of rotatable bonds is 9. The molecule has 158 valence electrons. The van der Waals surface area contributed by atoms with E-state index in [1.54, 1.807) is 7.05 Å². The molecule has 0 spiro atoms. The molecule has 7 heteroatoms. The van der Waals surface area contributed by atoms with E-state index < -0.39 is 0 Å². The minimum absolute atomic E-state index is 0. The van der Waals surface area contributed by atoms with E-state index in [-0.39, 0.29) is 59.5 Å². The molecule has 3 rings (SSSR count). The van der Waals surface area contributed by atoms with Gasteiger partial charge in [0.15, 0.2) is 5.96 Å². The number of halogens is 1. The van der Waals surface area contributed by atoms with Gasteiger partial charge >= 0.3 is 0 Å². The zero-order chi connectivity index (χ0) is 19.4. The van der Waals surface area contributed by atoms with Crippen molar-refractivity contribution in [2.75, 3.05) is 26.7 Å². The van der Waals surface area contributed by atoms with Gasteiger partial charge in [-0.1, -0.05) is 45.3 Å². The molecule has 1 aliphatic heterocycles. The Morgan fingerprint density at radius 2 is 1.82 bits per heavy atom. The fraction of sp³-hybridized carbons (Fsp3) is 0.762. The minimum Gasteiger partial charge on any atom is -0.356 e. The second-order valence-electron chi connectivity index (χ2n) is 8.12. The Labute approximate surface area is 186 Å². The first-order chi connectivity index (χ1) is 13.1. The van der Waals surface area contributed by atoms with Crippen LogP contribution in [0.3, 0.4) is 0 Å². The second-order valence-corrected chi connectivity index (χ2v) is 8.12. The molecule has 0 aromatic carbocycles. The van der Waals surface area contributed by atoms with Crippen molar-refractivity contribution in [2.24, 2.45) is 34.6 Å². The Kier molecular flexibility index (Phi) is 8.77. The van der Waals surface area contributed by atoms with E-state index in [9.17, 15) is 9.59 Å². The van der Waals surface area contributed by atoms with Gasteiger partial charge in [0.1, 0.15) is 0 Å². The van der Waals surface area contributed by atoms with Gasteiger partial charge in [0, 0.05) is 26.7 Å². The summed E-state index contributed by atoms with van der Waals surface area (Å²) in [6.45, 7) is 6.29. The summed E-state index contributed by atoms with van der Waals surface area (Å²) in [5.41, 5.74) is 0. The minimum atomic E-state index is -0.103. The molecule has 5 atom stereocenters. The van der Waals surface area contributed by atoms with Crippen molar-refractivity contribution >= 4 is 41.8 Å². The molecule has 1 saturated heterocycles. The highest BCUT2D eigenvalue weighted by molar-refractivity contribution is 14.0. The zero-order valence-electron chi connectivity index (χ0n) is 17.3. The van der Waals surface area contributed by atoms with Crippen LogP contribution in [0.25, 0.3) is 0 Å². The van der Waals surface area contributed by atoms with Gasteiger partial charge in [0.25, 0.3) is 0 Å². The number of imide groups is 1. The summed E-state index contributed by atoms with van der Waals surface area (Å²) in [5.74, 6) is 1.78. The summed E-state index contributed by atoms with van der Waals surface area (Å²) in [5, 5.41) is 6.64. The van der Waals surface area contributed by atoms with Gasteiger partial charge in [-0.3, -0.25) is 19.5 Å². The first kappa shape index (κ1) is 23.2. The Bertz CT molecular complexity index is 592. The third-order valence-corrected chi connectivity index (χ3v) is 6.51. The van der Waals surface area contributed by atoms with Crippen LogP contribution < -0.4 is 10.6 Å². The van der Waals surface area contributed by atoms with Gasteiger partial charge in [-0.05, 0) is 30.6 Å². The van der Waals surface area contributed by atoms with Crippen molar-refractivity contribution < 1.29 is 9.59 Å². The molecule has 5 unspecified atom stereocenters. The highest BCUT2D eigenvalue weighted by Gasteiger charge is 2.58. The Morgan fingerprint density at radius 3 is 2.36 bits per heavy atom. The molecule has 2 aliphatic carbocycles. The number of amides is 2. The predicted molar refractivity (Wildman–Crippen MR) is 123 cm³/mol. The largest absolute Gasteiger partial charge is 0.356 e. The third-order valence-electron chi connectivity index (χ3n) is 6.51. The first-order valence-corrected chi connectivity index (χ1v) is 10.6. The zero-order valence-corrected chi connectivity index (χ0v) is 19.6. The monoisotopic (exact) mass is 502 g/mol. The number of likely N-dealkylation sites (tertiary alicyclic amines) is 1. The molecule has 3 aliphatic rings. The molecular weight excluding hydrogens is 467 g/mol. The summed E-state index contributed by atoms with van der Waals surface area (Å²) in [7, 11) is 1.75. The van der Waals surface area contributed by atoms with Crippen LogP contribution in [0.2, 0.25) is 0 Å². The van der Waals surface area contributed by atoms with E-state index >= 15 is 0 Å². The van der Waals surface area contributed by atoms with Crippen molar-refractivity contribution in [1.82, 2.24) is 15.5 Å². The number of hydrogen-bond acceptors (Lipinski definition) is 3. The van der Waals surface area contributed by atoms with Crippen molar-refractivity contribution in [3.05, 3.63) is 12.2 Å². The predicted octanol–water partition coefficient (Wildman–Crippen LogP) is 2.79. The Hall–Kier alpha value is -1.12. The van der Waals surface area contributed by atoms with E-state index in [1.165, 1.54) is 24.2 Å². The highest BCUT2D eigenvalue weighted by atomic mass is 127. The van der Waals surface area contributed by atoms with Gasteiger partial charge in [-0.2, -0.15) is 0 Å². The number of carbonyl (C=O) groups excluding carboxylic acids is 2. The van der Waals surface area contributed by atoms with Crippen LogP contribution in [0.5, 0.6) is 0 Å². The number of hydrogen-bond donors (Lipinski definition) is 2. The van der Waals surface area contributed by atoms with Gasteiger partial charge in [-0.15, -0.1) is 24.0 Å². The number of nitrogens with zero attached hydrogens (tertiary/aromatic N) is 2. The molecule has 2 bridgehead atoms. The van der Waals surface area contributed by atoms with Crippen molar-refractivity contribution in [1.29, 1.82) is 0 Å². The maximum Gasteiger partial charge on any atom is 0.233 e. The summed E-state index contributed by atoms with van der Waals surface area (Å²) in [6, 6.07) is 0. The van der Waals surface area contributed by atoms with Crippen LogP contribution in [0, 0.1) is 29.6 Å². The lowest BCUT2D eigenvalue weighted by Crippen LogP contribution is -2.44. The number of carbonyl (C=O) groups is 2. The lowest BCUT2D eigenvalue weighted by molar-refractivity contribution is -0.140. The molecule has 2 fully saturated rings. The molecule has 6 nitrogen and oxygen atoms in total. The number of aliphatic imine (C=N–C) groups is 1. The average molecular weight is 502 g/mol. The lowest BCUT2D eigenvalue weighted by Gasteiger charge is -2.20. The highest BCUT2D eigenvalue weighted by Crippen LogP contribution is 2.52. The molecule has 1 heterocycles. The summed E-state index contributed by atoms with van der Waals surface area (Å²) >= 11 is 0. The molecule has 2 N–H and O–H groups in total. The quantitative estimate of drug-likeness (QED) is 0.167. The number of guanidine groups is 1. The third kappa shape index (κ3) is 4.71. The van der Waals surface area contributed by atoms with Crippen molar-refractivity contribution in [3.63, 3.8) is 0 Å². The fourth-order valence-corrected chi connectivity index (χ4v) is 4.88. The maximum absolute atomic E-state index is 12.7. The topological polar surface area (TPSA) is 73.8 Å². The Morgan fingerprint density at radius 1 is 1.18 bits per heavy atom. The number of allylic oxidation sites excluding steroid dienone is 2. The molecule has 0 aromatic heterocycles. The van der Waals surface area contributed by atoms with Crippen LogP contribution >= 0.6 is 24.0 Å². The van der Waals surface area contributed by atoms with E-state index in [2.05, 4.69) is 41.6 Å². The lowest BCUT2D eigenvalue weighted by atomic mass is 9.85. The SMILES string of the molecule is CCCCC(CC)CNC(=NC)NCCN1C(=O)C2C3C=CC(C3)C2C1=O.I. The summed E-state index contributed by atoms with van der Waals surface area (Å²) in [4.78, 5) is 31.1. The van der Waals surface area contributed by atoms with Crippen LogP contribution in [0.1, 0.15) is 46.0 Å². The number of fused-ring (bicyclic) bond motifs is 5. The Balaban J connectivity index is 0.00000280. The van der Waals surface area contributed by atoms with Crippen LogP contribution in [-0.4, -0.2) is 49.4 Å². The van der Waals surface area contributed by atoms with E-state index in [0.29, 0.717) is 19.0 Å². The van der Waals surface area contributed by atoms with E-state index in [0.717, 1.165) is 25.3 Å². The van der Waals surface area contributed by atoms with Crippen molar-refractivity contribution in [2.45, 2.75) is 46.0 Å². The number of nitrogens with one attached hydrogen (secondary N) is 2. The second kappa shape index (κ2) is 10.6. The standard InChI is InChI=1S/C21H34N4O2.HI/c1-4-6-7-14(5-2)13-24-21(22-3)23-10-11-25-19(26)17-15-8-9-16(12-15)18(17)20(25)27;/h8-9,14-18H,4-7,10-13H2,1-3H3,(H2,22,23,24);1H. The van der Waals surface area contributed by atoms with Crippen LogP contribution in [0.15, 0.2) is 17.1 Å². The summed E-state index contributed by atoms with van der Waals surface area (Å²) < 4.78 is 0. The van der Waals surface area contributed by atoms with Crippen molar-refractivity contribution in [3.8, 4) is 0 Å². The number of unbranched alkanes of at least 4 members (excludes halogenated alkanes) is 1. The summed E-state index contributed by atoms with van der Waals surface area (Å²) in [6.07, 6.45) is 10.1. The molecule has 1 saturated carbocycles. The van der Waals surface area contributed by atoms with Gasteiger partial charge in [0.2, 0.25) is 11.8 Å². The normalized spacial score (nSPS) is 29.1. The molecule has 28 heavy (non-hydrogen) atoms. The fourth-order valence-electron chi connectivity index (χ4n) is 4.88. The molecule has 0 aromatic rings. The molecule has 0 radical (unpaired) electrons. The molecule has 2 amide bonds. The van der Waals surface area contributed by atoms with Crippen LogP contribution in [-0.2, 0) is 9.59 Å². The van der Waals surface area contributed by atoms with E-state index in [1.807, 2.05) is 0 Å². The van der Waals surface area contributed by atoms with E-state index in [4.69, 9.17) is 0 Å². The molecular formula is C21H35IN4O2. The van der Waals surface area contributed by atoms with Gasteiger partial charge in [0.05, 0.1) is 11.8 Å². The first-order valence-electron chi connectivity index (χ1n) is 10.6. The average Bonchev–Trinajstić information content (AvgIpc) is 3.35.